The van der Waals surface area contributed by atoms with Crippen LogP contribution in [0.5, 0.6) is 0 Å². The Morgan fingerprint density at radius 1 is 1.27 bits per heavy atom. The molecule has 0 aromatic heterocycles. The molecule has 3 fully saturated rings. The average Bonchev–Trinajstić information content (AvgIpc) is 2.58. The standard InChI is InChI=1S/C21H32O5/c1-12-13(10-17(23)24)6-7-14-18(12)15(22)11-16-20(14,2)8-5-9-21(16,3)19(25)26-4/h10,12,14-16,18,22H,5-9,11H2,1-4H3,(H,23,24)/b13-10+/t12-,14+,15+,16-,18+,20-,21+/m1/s1. The molecule has 0 aromatic carbocycles. The monoisotopic (exact) mass is 364 g/mol. The Morgan fingerprint density at radius 3 is 2.58 bits per heavy atom. The number of hydrogen-bond acceptors (Lipinski definition) is 4. The Balaban J connectivity index is 1.98. The number of hydrogen-bond donors (Lipinski definition) is 2. The van der Waals surface area contributed by atoms with Gasteiger partial charge in [-0.05, 0) is 68.1 Å². The summed E-state index contributed by atoms with van der Waals surface area (Å²) in [6.45, 7) is 6.36. The number of carboxylic acid groups (broad SMARTS) is 1. The van der Waals surface area contributed by atoms with E-state index in [4.69, 9.17) is 9.84 Å². The van der Waals surface area contributed by atoms with Crippen LogP contribution < -0.4 is 0 Å². The summed E-state index contributed by atoms with van der Waals surface area (Å²) in [5, 5.41) is 20.2. The molecular weight excluding hydrogens is 332 g/mol. The van der Waals surface area contributed by atoms with Crippen molar-refractivity contribution in [2.45, 2.75) is 65.4 Å². The van der Waals surface area contributed by atoms with Gasteiger partial charge in [-0.2, -0.15) is 0 Å². The lowest BCUT2D eigenvalue weighted by molar-refractivity contribution is -0.189. The van der Waals surface area contributed by atoms with E-state index in [9.17, 15) is 14.7 Å². The van der Waals surface area contributed by atoms with Gasteiger partial charge in [-0.15, -0.1) is 0 Å². The molecule has 3 rings (SSSR count). The normalized spacial score (nSPS) is 47.0. The maximum Gasteiger partial charge on any atom is 0.328 e. The first-order valence-corrected chi connectivity index (χ1v) is 9.85. The third kappa shape index (κ3) is 2.79. The van der Waals surface area contributed by atoms with E-state index < -0.39 is 17.5 Å². The maximum atomic E-state index is 12.6. The summed E-state index contributed by atoms with van der Waals surface area (Å²) in [6.07, 6.45) is 5.92. The molecule has 5 nitrogen and oxygen atoms in total. The van der Waals surface area contributed by atoms with Gasteiger partial charge in [-0.3, -0.25) is 4.79 Å². The van der Waals surface area contributed by atoms with E-state index >= 15 is 0 Å². The van der Waals surface area contributed by atoms with Crippen LogP contribution >= 0.6 is 0 Å². The minimum Gasteiger partial charge on any atom is -0.478 e. The van der Waals surface area contributed by atoms with Gasteiger partial charge in [0.15, 0.2) is 0 Å². The van der Waals surface area contributed by atoms with E-state index in [1.807, 2.05) is 6.92 Å². The molecule has 0 radical (unpaired) electrons. The SMILES string of the molecule is COC(=O)[C@@]1(C)CCC[C@@]2(C)[C@H]1C[C@H](O)[C@H]1[C@H](C)/C(=C/C(=O)O)CC[C@@H]12. The second-order valence-corrected chi connectivity index (χ2v) is 9.19. The number of aliphatic carboxylic acids is 1. The van der Waals surface area contributed by atoms with Crippen molar-refractivity contribution < 1.29 is 24.5 Å². The lowest BCUT2D eigenvalue weighted by Gasteiger charge is -2.62. The number of esters is 1. The lowest BCUT2D eigenvalue weighted by atomic mass is 9.42. The third-order valence-corrected chi connectivity index (χ3v) is 8.08. The number of aliphatic hydroxyl groups is 1. The van der Waals surface area contributed by atoms with Crippen molar-refractivity contribution in [2.75, 3.05) is 7.11 Å². The summed E-state index contributed by atoms with van der Waals surface area (Å²) < 4.78 is 5.14. The zero-order valence-electron chi connectivity index (χ0n) is 16.3. The van der Waals surface area contributed by atoms with E-state index in [1.54, 1.807) is 0 Å². The molecule has 0 bridgehead atoms. The van der Waals surface area contributed by atoms with Gasteiger partial charge < -0.3 is 14.9 Å². The summed E-state index contributed by atoms with van der Waals surface area (Å²) in [5.41, 5.74) is 0.369. The molecule has 0 amide bonds. The number of aliphatic hydroxyl groups excluding tert-OH is 1. The van der Waals surface area contributed by atoms with Crippen LogP contribution in [0.1, 0.15) is 59.3 Å². The predicted octanol–water partition coefficient (Wildman–Crippen LogP) is 3.41. The summed E-state index contributed by atoms with van der Waals surface area (Å²) >= 11 is 0. The van der Waals surface area contributed by atoms with Crippen LogP contribution in [0.25, 0.3) is 0 Å². The Labute approximate surface area is 155 Å². The average molecular weight is 364 g/mol. The molecule has 0 heterocycles. The van der Waals surface area contributed by atoms with Gasteiger partial charge in [0.2, 0.25) is 0 Å². The summed E-state index contributed by atoms with van der Waals surface area (Å²) in [4.78, 5) is 23.8. The van der Waals surface area contributed by atoms with Gasteiger partial charge in [-0.25, -0.2) is 4.79 Å². The lowest BCUT2D eigenvalue weighted by Crippen LogP contribution is -2.60. The van der Waals surface area contributed by atoms with Gasteiger partial charge in [0, 0.05) is 6.08 Å². The van der Waals surface area contributed by atoms with Crippen molar-refractivity contribution in [2.24, 2.45) is 34.5 Å². The highest BCUT2D eigenvalue weighted by atomic mass is 16.5. The van der Waals surface area contributed by atoms with Crippen molar-refractivity contribution in [3.05, 3.63) is 11.6 Å². The number of carbonyl (C=O) groups excluding carboxylic acids is 1. The minimum absolute atomic E-state index is 0.0197. The summed E-state index contributed by atoms with van der Waals surface area (Å²) in [6, 6.07) is 0. The fourth-order valence-corrected chi connectivity index (χ4v) is 6.83. The number of ether oxygens (including phenoxy) is 1. The zero-order chi connectivity index (χ0) is 19.3. The number of fused-ring (bicyclic) bond motifs is 3. The molecule has 0 aliphatic heterocycles. The largest absolute Gasteiger partial charge is 0.478 e. The van der Waals surface area contributed by atoms with Crippen molar-refractivity contribution >= 4 is 11.9 Å². The molecule has 146 valence electrons. The molecular formula is C21H32O5. The quantitative estimate of drug-likeness (QED) is 0.579. The number of methoxy groups -OCH3 is 1. The zero-order valence-corrected chi connectivity index (χ0v) is 16.3. The van der Waals surface area contributed by atoms with Crippen molar-refractivity contribution in [1.29, 1.82) is 0 Å². The van der Waals surface area contributed by atoms with Crippen molar-refractivity contribution in [1.82, 2.24) is 0 Å². The summed E-state index contributed by atoms with van der Waals surface area (Å²) in [5.74, 6) is -0.532. The fourth-order valence-electron chi connectivity index (χ4n) is 6.83. The van der Waals surface area contributed by atoms with Crippen molar-refractivity contribution in [3.63, 3.8) is 0 Å². The summed E-state index contributed by atoms with van der Waals surface area (Å²) in [7, 11) is 1.45. The van der Waals surface area contributed by atoms with Gasteiger partial charge in [0.25, 0.3) is 0 Å². The van der Waals surface area contributed by atoms with Crippen LogP contribution in [-0.4, -0.2) is 35.4 Å². The van der Waals surface area contributed by atoms with Crippen LogP contribution in [0.15, 0.2) is 11.6 Å². The molecule has 0 spiro atoms. The number of carboxylic acids is 1. The highest BCUT2D eigenvalue weighted by Gasteiger charge is 2.62. The minimum atomic E-state index is -0.907. The van der Waals surface area contributed by atoms with Crippen molar-refractivity contribution in [3.8, 4) is 0 Å². The second-order valence-electron chi connectivity index (χ2n) is 9.19. The Kier molecular flexibility index (Phi) is 4.97. The number of carbonyl (C=O) groups is 2. The predicted molar refractivity (Wildman–Crippen MR) is 97.3 cm³/mol. The first-order valence-electron chi connectivity index (χ1n) is 9.85. The molecule has 3 aliphatic carbocycles. The van der Waals surface area contributed by atoms with Crippen LogP contribution in [0.4, 0.5) is 0 Å². The molecule has 3 aliphatic rings. The third-order valence-electron chi connectivity index (χ3n) is 8.08. The Morgan fingerprint density at radius 2 is 1.96 bits per heavy atom. The van der Waals surface area contributed by atoms with Gasteiger partial charge in [-0.1, -0.05) is 25.8 Å². The molecule has 26 heavy (non-hydrogen) atoms. The van der Waals surface area contributed by atoms with E-state index in [0.29, 0.717) is 12.3 Å². The van der Waals surface area contributed by atoms with E-state index in [-0.39, 0.29) is 29.1 Å². The van der Waals surface area contributed by atoms with Crippen LogP contribution in [0.3, 0.4) is 0 Å². The smallest absolute Gasteiger partial charge is 0.328 e. The fraction of sp³-hybridized carbons (Fsp3) is 0.810. The molecule has 2 N–H and O–H groups in total. The second kappa shape index (κ2) is 6.66. The van der Waals surface area contributed by atoms with E-state index in [1.165, 1.54) is 13.2 Å². The molecule has 0 saturated heterocycles. The van der Waals surface area contributed by atoms with Gasteiger partial charge in [0.1, 0.15) is 0 Å². The molecule has 0 aromatic rings. The van der Waals surface area contributed by atoms with Crippen LogP contribution in [0, 0.1) is 34.5 Å². The van der Waals surface area contributed by atoms with Crippen LogP contribution in [-0.2, 0) is 14.3 Å². The van der Waals surface area contributed by atoms with Gasteiger partial charge in [0.05, 0.1) is 18.6 Å². The number of rotatable bonds is 2. The van der Waals surface area contributed by atoms with E-state index in [2.05, 4.69) is 13.8 Å². The first kappa shape index (κ1) is 19.4. The molecule has 7 atom stereocenters. The Hall–Kier alpha value is -1.36. The molecule has 5 heteroatoms. The maximum absolute atomic E-state index is 12.6. The highest BCUT2D eigenvalue weighted by Crippen LogP contribution is 2.65. The highest BCUT2D eigenvalue weighted by molar-refractivity contribution is 5.80. The Bertz CT molecular complexity index is 626. The van der Waals surface area contributed by atoms with Crippen LogP contribution in [0.2, 0.25) is 0 Å². The first-order chi connectivity index (χ1) is 12.1. The molecule has 0 unspecified atom stereocenters. The number of allylic oxidation sites excluding steroid dienone is 1. The molecule has 3 saturated carbocycles. The van der Waals surface area contributed by atoms with Gasteiger partial charge >= 0.3 is 11.9 Å². The van der Waals surface area contributed by atoms with E-state index in [0.717, 1.165) is 37.7 Å². The topological polar surface area (TPSA) is 83.8 Å².